The molecule has 0 amide bonds. The summed E-state index contributed by atoms with van der Waals surface area (Å²) in [6.45, 7) is 0.674. The van der Waals surface area contributed by atoms with Crippen molar-refractivity contribution in [2.75, 3.05) is 11.4 Å². The van der Waals surface area contributed by atoms with Crippen LogP contribution in [0.1, 0.15) is 19.3 Å². The molecule has 1 fully saturated rings. The molecular weight excluding hydrogens is 320 g/mol. The number of hydrogen-bond donors (Lipinski definition) is 2. The zero-order valence-electron chi connectivity index (χ0n) is 9.68. The number of halogens is 2. The van der Waals surface area contributed by atoms with Gasteiger partial charge in [0.2, 0.25) is 0 Å². The van der Waals surface area contributed by atoms with Gasteiger partial charge in [-0.25, -0.2) is 4.98 Å². The van der Waals surface area contributed by atoms with E-state index in [1.807, 2.05) is 6.07 Å². The van der Waals surface area contributed by atoms with Crippen LogP contribution in [0, 0.1) is 0 Å². The average molecular weight is 334 g/mol. The summed E-state index contributed by atoms with van der Waals surface area (Å²) in [6, 6.07) is 2.31. The van der Waals surface area contributed by atoms with E-state index in [1.165, 1.54) is 0 Å². The molecule has 1 saturated carbocycles. The van der Waals surface area contributed by atoms with Gasteiger partial charge in [-0.2, -0.15) is 0 Å². The fourth-order valence-corrected chi connectivity index (χ4v) is 2.62. The van der Waals surface area contributed by atoms with E-state index in [-0.39, 0.29) is 5.84 Å². The van der Waals surface area contributed by atoms with Crippen molar-refractivity contribution in [3.63, 3.8) is 0 Å². The molecule has 0 atom stereocenters. The first kappa shape index (κ1) is 13.4. The van der Waals surface area contributed by atoms with Crippen LogP contribution in [0.15, 0.2) is 21.9 Å². The number of amidine groups is 1. The Kier molecular flexibility index (Phi) is 4.29. The van der Waals surface area contributed by atoms with Gasteiger partial charge in [0, 0.05) is 25.2 Å². The van der Waals surface area contributed by atoms with Crippen molar-refractivity contribution >= 4 is 39.2 Å². The van der Waals surface area contributed by atoms with Gasteiger partial charge >= 0.3 is 0 Å². The molecule has 1 heterocycles. The van der Waals surface area contributed by atoms with Crippen LogP contribution in [0.2, 0.25) is 5.02 Å². The van der Waals surface area contributed by atoms with Gasteiger partial charge in [-0.15, -0.1) is 0 Å². The van der Waals surface area contributed by atoms with Crippen molar-refractivity contribution in [2.24, 2.45) is 10.9 Å². The summed E-state index contributed by atoms with van der Waals surface area (Å²) in [5.74, 6) is 1.08. The number of anilines is 1. The van der Waals surface area contributed by atoms with Crippen LogP contribution in [0.4, 0.5) is 5.82 Å². The Morgan fingerprint density at radius 2 is 2.39 bits per heavy atom. The summed E-state index contributed by atoms with van der Waals surface area (Å²) in [4.78, 5) is 6.51. The van der Waals surface area contributed by atoms with Gasteiger partial charge in [-0.3, -0.25) is 0 Å². The standard InChI is InChI=1S/C11H14BrClN4O/c12-9-5-7(13)6-15-11(9)17(8-1-2-8)4-3-10(14)16-18/h5-6,8,18H,1-4H2,(H2,14,16). The number of aromatic nitrogens is 1. The molecule has 3 N–H and O–H groups in total. The minimum absolute atomic E-state index is 0.228. The molecule has 0 aromatic carbocycles. The maximum Gasteiger partial charge on any atom is 0.143 e. The van der Waals surface area contributed by atoms with Crippen LogP contribution in [0.25, 0.3) is 0 Å². The first-order valence-corrected chi connectivity index (χ1v) is 6.83. The van der Waals surface area contributed by atoms with Gasteiger partial charge in [-0.05, 0) is 34.8 Å². The molecule has 1 aliphatic rings. The third-order valence-electron chi connectivity index (χ3n) is 2.79. The van der Waals surface area contributed by atoms with Crippen molar-refractivity contribution < 1.29 is 5.21 Å². The van der Waals surface area contributed by atoms with Crippen LogP contribution in [-0.2, 0) is 0 Å². The smallest absolute Gasteiger partial charge is 0.143 e. The van der Waals surface area contributed by atoms with E-state index in [1.54, 1.807) is 6.20 Å². The molecule has 1 aromatic heterocycles. The van der Waals surface area contributed by atoms with Crippen molar-refractivity contribution in [3.05, 3.63) is 21.8 Å². The topological polar surface area (TPSA) is 74.7 Å². The second kappa shape index (κ2) is 5.75. The minimum Gasteiger partial charge on any atom is -0.409 e. The molecule has 0 spiro atoms. The van der Waals surface area contributed by atoms with E-state index in [4.69, 9.17) is 22.5 Å². The highest BCUT2D eigenvalue weighted by Crippen LogP contribution is 2.35. The normalized spacial score (nSPS) is 15.8. The summed E-state index contributed by atoms with van der Waals surface area (Å²) < 4.78 is 0.862. The first-order chi connectivity index (χ1) is 8.61. The SMILES string of the molecule is NC(CCN(c1ncc(Cl)cc1Br)C1CC1)=NO. The van der Waals surface area contributed by atoms with E-state index < -0.39 is 0 Å². The summed E-state index contributed by atoms with van der Waals surface area (Å²) in [5.41, 5.74) is 5.50. The van der Waals surface area contributed by atoms with Crippen molar-refractivity contribution in [3.8, 4) is 0 Å². The highest BCUT2D eigenvalue weighted by Gasteiger charge is 2.31. The molecule has 0 bridgehead atoms. The lowest BCUT2D eigenvalue weighted by atomic mass is 10.3. The fourth-order valence-electron chi connectivity index (χ4n) is 1.75. The summed E-state index contributed by atoms with van der Waals surface area (Å²) >= 11 is 9.35. The Balaban J connectivity index is 2.14. The lowest BCUT2D eigenvalue weighted by Crippen LogP contribution is -2.31. The number of hydrogen-bond acceptors (Lipinski definition) is 4. The molecule has 0 aliphatic heterocycles. The maximum atomic E-state index is 8.57. The molecule has 0 unspecified atom stereocenters. The van der Waals surface area contributed by atoms with E-state index in [0.717, 1.165) is 23.1 Å². The quantitative estimate of drug-likeness (QED) is 0.376. The van der Waals surface area contributed by atoms with Crippen molar-refractivity contribution in [1.29, 1.82) is 0 Å². The predicted octanol–water partition coefficient (Wildman–Crippen LogP) is 2.60. The number of oxime groups is 1. The fraction of sp³-hybridized carbons (Fsp3) is 0.455. The van der Waals surface area contributed by atoms with Gasteiger partial charge in [0.15, 0.2) is 0 Å². The van der Waals surface area contributed by atoms with Crippen LogP contribution in [-0.4, -0.2) is 28.6 Å². The zero-order valence-corrected chi connectivity index (χ0v) is 12.0. The first-order valence-electron chi connectivity index (χ1n) is 5.66. The second-order valence-corrected chi connectivity index (χ2v) is 5.52. The van der Waals surface area contributed by atoms with Crippen molar-refractivity contribution in [2.45, 2.75) is 25.3 Å². The molecule has 5 nitrogen and oxygen atoms in total. The second-order valence-electron chi connectivity index (χ2n) is 4.22. The van der Waals surface area contributed by atoms with E-state index >= 15 is 0 Å². The molecule has 2 rings (SSSR count). The maximum absolute atomic E-state index is 8.57. The Morgan fingerprint density at radius 3 is 2.94 bits per heavy atom. The lowest BCUT2D eigenvalue weighted by molar-refractivity contribution is 0.317. The molecule has 1 aliphatic carbocycles. The van der Waals surface area contributed by atoms with Crippen LogP contribution >= 0.6 is 27.5 Å². The highest BCUT2D eigenvalue weighted by molar-refractivity contribution is 9.10. The van der Waals surface area contributed by atoms with Gasteiger partial charge in [0.05, 0.1) is 9.50 Å². The molecule has 0 saturated heterocycles. The summed E-state index contributed by atoms with van der Waals surface area (Å²) in [7, 11) is 0. The zero-order chi connectivity index (χ0) is 13.1. The Labute approximate surface area is 119 Å². The van der Waals surface area contributed by atoms with E-state index in [9.17, 15) is 0 Å². The Hall–Kier alpha value is -1.01. The third kappa shape index (κ3) is 3.26. The molecule has 7 heteroatoms. The number of pyridine rings is 1. The summed E-state index contributed by atoms with van der Waals surface area (Å²) in [6.07, 6.45) is 4.42. The Morgan fingerprint density at radius 1 is 1.67 bits per heavy atom. The monoisotopic (exact) mass is 332 g/mol. The predicted molar refractivity (Wildman–Crippen MR) is 75.3 cm³/mol. The van der Waals surface area contributed by atoms with E-state index in [0.29, 0.717) is 24.0 Å². The lowest BCUT2D eigenvalue weighted by Gasteiger charge is -2.24. The molecular formula is C11H14BrClN4O. The van der Waals surface area contributed by atoms with Crippen LogP contribution in [0.5, 0.6) is 0 Å². The number of nitrogens with two attached hydrogens (primary N) is 1. The Bertz CT molecular complexity index is 464. The minimum atomic E-state index is 0.228. The number of nitrogens with zero attached hydrogens (tertiary/aromatic N) is 3. The number of rotatable bonds is 5. The van der Waals surface area contributed by atoms with Crippen molar-refractivity contribution in [1.82, 2.24) is 4.98 Å². The van der Waals surface area contributed by atoms with Gasteiger partial charge < -0.3 is 15.8 Å². The highest BCUT2D eigenvalue weighted by atomic mass is 79.9. The van der Waals surface area contributed by atoms with Crippen LogP contribution in [0.3, 0.4) is 0 Å². The third-order valence-corrected chi connectivity index (χ3v) is 3.58. The largest absolute Gasteiger partial charge is 0.409 e. The molecule has 18 heavy (non-hydrogen) atoms. The van der Waals surface area contributed by atoms with Gasteiger partial charge in [0.25, 0.3) is 0 Å². The van der Waals surface area contributed by atoms with Gasteiger partial charge in [0.1, 0.15) is 11.7 Å². The van der Waals surface area contributed by atoms with Crippen LogP contribution < -0.4 is 10.6 Å². The molecule has 1 aromatic rings. The average Bonchev–Trinajstić information content (AvgIpc) is 3.15. The molecule has 0 radical (unpaired) electrons. The molecule has 98 valence electrons. The van der Waals surface area contributed by atoms with Gasteiger partial charge in [-0.1, -0.05) is 16.8 Å². The summed E-state index contributed by atoms with van der Waals surface area (Å²) in [5, 5.41) is 12.1. The van der Waals surface area contributed by atoms with E-state index in [2.05, 4.69) is 31.0 Å².